The van der Waals surface area contributed by atoms with Crippen molar-refractivity contribution in [3.05, 3.63) is 47.6 Å². The minimum Gasteiger partial charge on any atom is -1.00 e. The number of rotatable bonds is 1. The molecule has 0 saturated heterocycles. The average molecular weight is 374 g/mol. The molecule has 0 aromatic carbocycles. The number of hydrogen-bond donors (Lipinski definition) is 0. The molecule has 0 spiro atoms. The van der Waals surface area contributed by atoms with Crippen molar-refractivity contribution in [3.8, 4) is 0 Å². The Kier molecular flexibility index (Phi) is 13.9. The average Bonchev–Trinajstić information content (AvgIpc) is 3.03. The Bertz CT molecular complexity index is 338. The van der Waals surface area contributed by atoms with Gasteiger partial charge in [0.05, 0.1) is 0 Å². The molecule has 0 radical (unpaired) electrons. The number of hydrogen-bond acceptors (Lipinski definition) is 0. The standard InChI is InChI=1S/C11H15.C5H5.2ClH.Zr/c1-9-6-7-11(8-9)10-4-2-3-5-10;1-2-4-5-3-1;;;/h7,10H,2-6H2,1H3;1-3H,4H2;2*1H;/q2*-1;;;+4/p-2. The van der Waals surface area contributed by atoms with E-state index in [1.165, 1.54) is 36.8 Å². The summed E-state index contributed by atoms with van der Waals surface area (Å²) in [6, 6.07) is 0. The molecule has 0 aromatic rings. The first-order chi connectivity index (χ1) is 7.86. The minimum absolute atomic E-state index is 0. The SMILES string of the molecule is CC1=[C-]C(C2CCCC2)=CC1.[C-]1=CC=CC1.[Cl-].[Cl-].[Zr+4]. The van der Waals surface area contributed by atoms with Crippen molar-refractivity contribution in [1.82, 2.24) is 0 Å². The van der Waals surface area contributed by atoms with E-state index in [9.17, 15) is 0 Å². The molecule has 3 rings (SSSR count). The van der Waals surface area contributed by atoms with Crippen LogP contribution in [0.2, 0.25) is 0 Å². The van der Waals surface area contributed by atoms with Crippen LogP contribution in [-0.4, -0.2) is 0 Å². The van der Waals surface area contributed by atoms with Crippen LogP contribution in [-0.2, 0) is 26.2 Å². The summed E-state index contributed by atoms with van der Waals surface area (Å²) in [5, 5.41) is 0. The van der Waals surface area contributed by atoms with Gasteiger partial charge in [0.15, 0.2) is 0 Å². The van der Waals surface area contributed by atoms with E-state index in [0.717, 1.165) is 18.8 Å². The van der Waals surface area contributed by atoms with Gasteiger partial charge >= 0.3 is 26.2 Å². The van der Waals surface area contributed by atoms with E-state index in [-0.39, 0.29) is 51.0 Å². The molecule has 3 aliphatic carbocycles. The van der Waals surface area contributed by atoms with Crippen LogP contribution in [0.15, 0.2) is 35.5 Å². The molecule has 1 saturated carbocycles. The summed E-state index contributed by atoms with van der Waals surface area (Å²) >= 11 is 0. The molecule has 0 amide bonds. The summed E-state index contributed by atoms with van der Waals surface area (Å²) in [5.41, 5.74) is 2.94. The van der Waals surface area contributed by atoms with Crippen LogP contribution in [0.5, 0.6) is 0 Å². The van der Waals surface area contributed by atoms with E-state index < -0.39 is 0 Å². The summed E-state index contributed by atoms with van der Waals surface area (Å²) in [4.78, 5) is 0. The van der Waals surface area contributed by atoms with Gasteiger partial charge in [0.2, 0.25) is 0 Å². The van der Waals surface area contributed by atoms with Crippen molar-refractivity contribution in [3.63, 3.8) is 0 Å². The molecule has 0 bridgehead atoms. The van der Waals surface area contributed by atoms with Crippen LogP contribution in [0.25, 0.3) is 0 Å². The maximum Gasteiger partial charge on any atom is 4.00 e. The van der Waals surface area contributed by atoms with E-state index >= 15 is 0 Å². The summed E-state index contributed by atoms with van der Waals surface area (Å²) in [5.74, 6) is 0.868. The third kappa shape index (κ3) is 7.69. The monoisotopic (exact) mass is 372 g/mol. The Hall–Kier alpha value is 0.423. The van der Waals surface area contributed by atoms with Crippen LogP contribution < -0.4 is 24.8 Å². The predicted octanol–water partition coefficient (Wildman–Crippen LogP) is -1.43. The topological polar surface area (TPSA) is 0 Å². The molecule has 3 aliphatic rings. The third-order valence-electron chi connectivity index (χ3n) is 3.37. The van der Waals surface area contributed by atoms with Gasteiger partial charge in [-0.05, 0) is 18.8 Å². The minimum atomic E-state index is 0. The van der Waals surface area contributed by atoms with Crippen LogP contribution in [0.1, 0.15) is 45.4 Å². The Morgan fingerprint density at radius 2 is 1.84 bits per heavy atom. The molecular weight excluding hydrogens is 354 g/mol. The van der Waals surface area contributed by atoms with Gasteiger partial charge in [0.25, 0.3) is 0 Å². The van der Waals surface area contributed by atoms with Gasteiger partial charge in [-0.1, -0.05) is 26.2 Å². The third-order valence-corrected chi connectivity index (χ3v) is 3.37. The van der Waals surface area contributed by atoms with E-state index in [1.807, 2.05) is 12.2 Å². The van der Waals surface area contributed by atoms with Crippen molar-refractivity contribution < 1.29 is 51.0 Å². The molecule has 0 aliphatic heterocycles. The smallest absolute Gasteiger partial charge is 1.00 e. The zero-order valence-electron chi connectivity index (χ0n) is 11.4. The Morgan fingerprint density at radius 1 is 1.16 bits per heavy atom. The van der Waals surface area contributed by atoms with E-state index in [4.69, 9.17) is 0 Å². The molecule has 0 N–H and O–H groups in total. The molecule has 102 valence electrons. The zero-order chi connectivity index (χ0) is 11.2. The normalized spacial score (nSPS) is 19.4. The second-order valence-electron chi connectivity index (χ2n) is 4.75. The molecule has 0 nitrogen and oxygen atoms in total. The van der Waals surface area contributed by atoms with Crippen molar-refractivity contribution in [1.29, 1.82) is 0 Å². The fraction of sp³-hybridized carbons (Fsp3) is 0.500. The fourth-order valence-corrected chi connectivity index (χ4v) is 2.46. The van der Waals surface area contributed by atoms with E-state index in [0.29, 0.717) is 0 Å². The van der Waals surface area contributed by atoms with E-state index in [2.05, 4.69) is 31.2 Å². The maximum absolute atomic E-state index is 3.47. The van der Waals surface area contributed by atoms with Crippen molar-refractivity contribution in [2.45, 2.75) is 45.4 Å². The molecule has 1 fully saturated rings. The Labute approximate surface area is 149 Å². The Morgan fingerprint density at radius 3 is 2.21 bits per heavy atom. The van der Waals surface area contributed by atoms with Gasteiger partial charge in [-0.15, -0.1) is 6.42 Å². The first-order valence-electron chi connectivity index (χ1n) is 6.37. The molecule has 0 aromatic heterocycles. The van der Waals surface area contributed by atoms with Gasteiger partial charge in [-0.3, -0.25) is 6.08 Å². The van der Waals surface area contributed by atoms with Crippen molar-refractivity contribution in [2.75, 3.05) is 0 Å². The molecular formula is C16H20Cl2Zr. The summed E-state index contributed by atoms with van der Waals surface area (Å²) < 4.78 is 0. The Balaban J connectivity index is 0. The quantitative estimate of drug-likeness (QED) is 0.494. The van der Waals surface area contributed by atoms with Gasteiger partial charge in [0, 0.05) is 0 Å². The zero-order valence-corrected chi connectivity index (χ0v) is 15.4. The molecule has 0 unspecified atom stereocenters. The largest absolute Gasteiger partial charge is 4.00 e. The van der Waals surface area contributed by atoms with Crippen LogP contribution in [0, 0.1) is 18.1 Å². The van der Waals surface area contributed by atoms with Gasteiger partial charge < -0.3 is 24.8 Å². The van der Waals surface area contributed by atoms with Crippen molar-refractivity contribution in [2.24, 2.45) is 5.92 Å². The van der Waals surface area contributed by atoms with Gasteiger partial charge in [-0.2, -0.15) is 11.6 Å². The summed E-state index contributed by atoms with van der Waals surface area (Å²) in [7, 11) is 0. The molecule has 0 heterocycles. The van der Waals surface area contributed by atoms with Crippen LogP contribution in [0.3, 0.4) is 0 Å². The second-order valence-corrected chi connectivity index (χ2v) is 4.75. The van der Waals surface area contributed by atoms with Crippen LogP contribution >= 0.6 is 0 Å². The van der Waals surface area contributed by atoms with Gasteiger partial charge in [-0.25, -0.2) is 29.9 Å². The molecule has 3 heteroatoms. The number of halogens is 2. The van der Waals surface area contributed by atoms with Crippen LogP contribution in [0.4, 0.5) is 0 Å². The second kappa shape index (κ2) is 12.2. The van der Waals surface area contributed by atoms with Crippen molar-refractivity contribution >= 4 is 0 Å². The van der Waals surface area contributed by atoms with Gasteiger partial charge in [0.1, 0.15) is 0 Å². The summed E-state index contributed by atoms with van der Waals surface area (Å²) in [6.07, 6.45) is 22.7. The summed E-state index contributed by atoms with van der Waals surface area (Å²) in [6.45, 7) is 2.18. The molecule has 0 atom stereocenters. The first-order valence-corrected chi connectivity index (χ1v) is 6.37. The fourth-order valence-electron chi connectivity index (χ4n) is 2.46. The number of allylic oxidation sites excluding steroid dienone is 8. The maximum atomic E-state index is 3.47. The van der Waals surface area contributed by atoms with E-state index in [1.54, 1.807) is 0 Å². The molecule has 19 heavy (non-hydrogen) atoms. The predicted molar refractivity (Wildman–Crippen MR) is 68.7 cm³/mol. The first kappa shape index (κ1) is 21.7.